The van der Waals surface area contributed by atoms with Gasteiger partial charge in [0.2, 0.25) is 0 Å². The van der Waals surface area contributed by atoms with Crippen molar-refractivity contribution in [3.63, 3.8) is 0 Å². The Balaban J connectivity index is 4.38. The lowest BCUT2D eigenvalue weighted by molar-refractivity contribution is -0.126. The maximum atomic E-state index is 10.4. The third-order valence-corrected chi connectivity index (χ3v) is 1.17. The van der Waals surface area contributed by atoms with Crippen molar-refractivity contribution in [2.45, 2.75) is 19.1 Å². The molecular weight excluding hydrogens is 114 g/mol. The van der Waals surface area contributed by atoms with Crippen molar-refractivity contribution in [2.75, 3.05) is 0 Å². The maximum Gasteiger partial charge on any atom is 0.126 e. The van der Waals surface area contributed by atoms with E-state index in [1.165, 1.54) is 13.8 Å². The van der Waals surface area contributed by atoms with Gasteiger partial charge in [-0.2, -0.15) is 0 Å². The monoisotopic (exact) mass is 120 g/mol. The van der Waals surface area contributed by atoms with Crippen LogP contribution in [0.15, 0.2) is 0 Å². The van der Waals surface area contributed by atoms with E-state index in [1.807, 2.05) is 0 Å². The summed E-state index contributed by atoms with van der Waals surface area (Å²) in [6, 6.07) is 0. The van der Waals surface area contributed by atoms with Crippen LogP contribution in [0.25, 0.3) is 0 Å². The Kier molecular flexibility index (Phi) is 2.24. The van der Waals surface area contributed by atoms with Gasteiger partial charge in [-0.15, -0.1) is 0 Å². The summed E-state index contributed by atoms with van der Waals surface area (Å²) in [5.74, 6) is -1.04. The highest BCUT2D eigenvalue weighted by Gasteiger charge is 2.27. The second kappa shape index (κ2) is 2.38. The van der Waals surface area contributed by atoms with Gasteiger partial charge in [-0.05, 0) is 13.8 Å². The van der Waals surface area contributed by atoms with Crippen LogP contribution in [0.2, 0.25) is 5.21 Å². The van der Waals surface area contributed by atoms with E-state index in [-0.39, 0.29) is 0 Å². The average molecular weight is 120 g/mol. The zero-order valence-corrected chi connectivity index (χ0v) is 5.47. The lowest BCUT2D eigenvalue weighted by Crippen LogP contribution is -2.29. The molecule has 0 saturated carbocycles. The van der Waals surface area contributed by atoms with Crippen molar-refractivity contribution < 1.29 is 9.59 Å². The summed E-state index contributed by atoms with van der Waals surface area (Å²) >= 11 is 0. The van der Waals surface area contributed by atoms with Gasteiger partial charge >= 0.3 is 0 Å². The molecule has 44 valence electrons. The molecule has 4 heteroatoms. The molecule has 0 aliphatic rings. The fraction of sp³-hybridized carbons (Fsp3) is 0.600. The first-order valence-corrected chi connectivity index (χ1v) is 2.49. The topological polar surface area (TPSA) is 34.1 Å². The van der Waals surface area contributed by atoms with Crippen molar-refractivity contribution in [1.29, 1.82) is 0 Å². The molecule has 0 saturated heterocycles. The summed E-state index contributed by atoms with van der Waals surface area (Å²) in [6.07, 6.45) is 0. The van der Waals surface area contributed by atoms with E-state index in [4.69, 9.17) is 15.7 Å². The second-order valence-corrected chi connectivity index (χ2v) is 1.98. The number of hydrogen-bond acceptors (Lipinski definition) is 2. The summed E-state index contributed by atoms with van der Waals surface area (Å²) in [5, 5.41) is -1.78. The highest BCUT2D eigenvalue weighted by Crippen LogP contribution is 2.16. The predicted octanol–water partition coefficient (Wildman–Crippen LogP) is -0.382. The van der Waals surface area contributed by atoms with Gasteiger partial charge in [0, 0.05) is 5.21 Å². The SMILES string of the molecule is [B]C([B])(C(C)=O)C(C)=O. The summed E-state index contributed by atoms with van der Waals surface area (Å²) in [5.41, 5.74) is 0. The molecule has 0 heterocycles. The zero-order valence-electron chi connectivity index (χ0n) is 5.47. The number of hydrogen-bond donors (Lipinski definition) is 0. The fourth-order valence-corrected chi connectivity index (χ4v) is 0.248. The van der Waals surface area contributed by atoms with Crippen LogP contribution in [0, 0.1) is 0 Å². The van der Waals surface area contributed by atoms with E-state index in [2.05, 4.69) is 0 Å². The van der Waals surface area contributed by atoms with Gasteiger partial charge in [0.25, 0.3) is 0 Å². The lowest BCUT2D eigenvalue weighted by Gasteiger charge is -2.16. The lowest BCUT2D eigenvalue weighted by atomic mass is 9.50. The minimum absolute atomic E-state index is 0.519. The molecule has 0 fully saturated rings. The van der Waals surface area contributed by atoms with Gasteiger partial charge in [-0.25, -0.2) is 0 Å². The van der Waals surface area contributed by atoms with Crippen LogP contribution in [0.1, 0.15) is 13.8 Å². The predicted molar refractivity (Wildman–Crippen MR) is 35.6 cm³/mol. The minimum Gasteiger partial charge on any atom is -0.301 e. The summed E-state index contributed by atoms with van der Waals surface area (Å²) < 4.78 is 0. The molecule has 0 amide bonds. The molecule has 0 N–H and O–H groups in total. The van der Waals surface area contributed by atoms with Gasteiger partial charge < -0.3 is 9.59 Å². The molecule has 0 aliphatic carbocycles. The molecule has 4 radical (unpaired) electrons. The molecule has 0 bridgehead atoms. The average Bonchev–Trinajstić information content (AvgIpc) is 1.65. The minimum atomic E-state index is -1.78. The molecule has 0 unspecified atom stereocenters. The van der Waals surface area contributed by atoms with Crippen LogP contribution < -0.4 is 0 Å². The van der Waals surface area contributed by atoms with Gasteiger partial charge in [0.15, 0.2) is 0 Å². The first kappa shape index (κ1) is 8.47. The third-order valence-electron chi connectivity index (χ3n) is 1.17. The Morgan fingerprint density at radius 2 is 1.33 bits per heavy atom. The van der Waals surface area contributed by atoms with Gasteiger partial charge in [0.05, 0.1) is 15.7 Å². The third kappa shape index (κ3) is 1.70. The van der Waals surface area contributed by atoms with Crippen molar-refractivity contribution in [3.8, 4) is 0 Å². The molecule has 0 aromatic heterocycles. The van der Waals surface area contributed by atoms with Crippen LogP contribution >= 0.6 is 0 Å². The molecule has 0 aromatic rings. The van der Waals surface area contributed by atoms with E-state index in [1.54, 1.807) is 0 Å². The highest BCUT2D eigenvalue weighted by atomic mass is 16.1. The highest BCUT2D eigenvalue weighted by molar-refractivity contribution is 6.61. The number of carbonyl (C=O) groups is 2. The van der Waals surface area contributed by atoms with Crippen LogP contribution in [-0.2, 0) is 9.59 Å². The van der Waals surface area contributed by atoms with Crippen LogP contribution in [-0.4, -0.2) is 27.3 Å². The van der Waals surface area contributed by atoms with E-state index >= 15 is 0 Å². The van der Waals surface area contributed by atoms with Crippen molar-refractivity contribution in [2.24, 2.45) is 0 Å². The smallest absolute Gasteiger partial charge is 0.126 e. The van der Waals surface area contributed by atoms with Gasteiger partial charge in [-0.3, -0.25) is 0 Å². The van der Waals surface area contributed by atoms with Crippen molar-refractivity contribution >= 4 is 27.3 Å². The number of Topliss-reactive ketones (excluding diaryl/α,β-unsaturated/α-hetero) is 2. The van der Waals surface area contributed by atoms with Gasteiger partial charge in [-0.1, -0.05) is 0 Å². The number of carbonyl (C=O) groups excluding carboxylic acids is 2. The standard InChI is InChI=1S/C5H6B2O2/c1-3(8)5(6,7)4(2)9/h1-2H3. The largest absolute Gasteiger partial charge is 0.301 e. The molecule has 0 spiro atoms. The second-order valence-electron chi connectivity index (χ2n) is 1.98. The van der Waals surface area contributed by atoms with Crippen LogP contribution in [0.5, 0.6) is 0 Å². The fourth-order valence-electron chi connectivity index (χ4n) is 0.248. The molecule has 0 atom stereocenters. The summed E-state index contributed by atoms with van der Waals surface area (Å²) in [7, 11) is 10.2. The van der Waals surface area contributed by atoms with Gasteiger partial charge in [0.1, 0.15) is 11.6 Å². The first-order valence-electron chi connectivity index (χ1n) is 2.49. The Morgan fingerprint density at radius 1 is 1.11 bits per heavy atom. The number of rotatable bonds is 2. The molecule has 0 rings (SSSR count). The molecule has 9 heavy (non-hydrogen) atoms. The Morgan fingerprint density at radius 3 is 1.33 bits per heavy atom. The summed E-state index contributed by atoms with van der Waals surface area (Å²) in [6.45, 7) is 2.36. The Bertz CT molecular complexity index is 135. The van der Waals surface area contributed by atoms with E-state index in [9.17, 15) is 9.59 Å². The molecule has 0 aliphatic heterocycles. The van der Waals surface area contributed by atoms with Crippen molar-refractivity contribution in [1.82, 2.24) is 0 Å². The molecule has 2 nitrogen and oxygen atoms in total. The summed E-state index contributed by atoms with van der Waals surface area (Å²) in [4.78, 5) is 20.9. The van der Waals surface area contributed by atoms with E-state index in [0.29, 0.717) is 0 Å². The maximum absolute atomic E-state index is 10.4. The molecule has 0 aromatic carbocycles. The number of ketones is 2. The Labute approximate surface area is 56.8 Å². The quantitative estimate of drug-likeness (QED) is 0.367. The first-order chi connectivity index (χ1) is 3.89. The zero-order chi connectivity index (χ0) is 7.65. The van der Waals surface area contributed by atoms with E-state index < -0.39 is 16.8 Å². The Hall–Kier alpha value is -0.530. The molecular formula is C5H6B2O2. The van der Waals surface area contributed by atoms with E-state index in [0.717, 1.165) is 0 Å². The van der Waals surface area contributed by atoms with Crippen LogP contribution in [0.3, 0.4) is 0 Å². The normalized spacial score (nSPS) is 10.9. The van der Waals surface area contributed by atoms with Crippen LogP contribution in [0.4, 0.5) is 0 Å². The van der Waals surface area contributed by atoms with Crippen molar-refractivity contribution in [3.05, 3.63) is 0 Å².